The number of carbonyl (C=O) groups excluding carboxylic acids is 1. The lowest BCUT2D eigenvalue weighted by molar-refractivity contribution is -0.120. The Hall–Kier alpha value is -1.25. The Bertz CT molecular complexity index is 289. The zero-order valence-electron chi connectivity index (χ0n) is 8.37. The van der Waals surface area contributed by atoms with Crippen LogP contribution in [0.5, 0.6) is 0 Å². The van der Waals surface area contributed by atoms with Crippen LogP contribution in [0, 0.1) is 0 Å². The number of amides is 1. The summed E-state index contributed by atoms with van der Waals surface area (Å²) in [5, 5.41) is 2.85. The Balaban J connectivity index is 2.45. The van der Waals surface area contributed by atoms with E-state index in [-0.39, 0.29) is 11.9 Å². The normalized spacial score (nSPS) is 10.5. The van der Waals surface area contributed by atoms with Crippen LogP contribution in [0.25, 0.3) is 0 Å². The molecule has 1 rings (SSSR count). The lowest BCUT2D eigenvalue weighted by Gasteiger charge is -2.06. The first-order chi connectivity index (χ1) is 6.08. The van der Waals surface area contributed by atoms with Crippen molar-refractivity contribution in [1.29, 1.82) is 0 Å². The van der Waals surface area contributed by atoms with E-state index in [1.165, 1.54) is 0 Å². The van der Waals surface area contributed by atoms with Gasteiger partial charge in [-0.05, 0) is 25.5 Å². The summed E-state index contributed by atoms with van der Waals surface area (Å²) >= 11 is 0. The summed E-state index contributed by atoms with van der Waals surface area (Å²) in [7, 11) is 1.95. The van der Waals surface area contributed by atoms with E-state index in [1.54, 1.807) is 0 Å². The highest BCUT2D eigenvalue weighted by atomic mass is 16.1. The van der Waals surface area contributed by atoms with E-state index in [0.29, 0.717) is 6.42 Å². The van der Waals surface area contributed by atoms with Crippen molar-refractivity contribution >= 4 is 5.91 Å². The molecule has 1 amide bonds. The monoisotopic (exact) mass is 180 g/mol. The van der Waals surface area contributed by atoms with Crippen LogP contribution in [0.2, 0.25) is 0 Å². The molecule has 72 valence electrons. The SMILES string of the molecule is CC(C)NC(=O)Cc1ccn(C)c1. The smallest absolute Gasteiger partial charge is 0.224 e. The Morgan fingerprint density at radius 1 is 1.62 bits per heavy atom. The van der Waals surface area contributed by atoms with Gasteiger partial charge in [0.2, 0.25) is 5.91 Å². The van der Waals surface area contributed by atoms with Gasteiger partial charge in [-0.1, -0.05) is 0 Å². The average Bonchev–Trinajstić information content (AvgIpc) is 2.33. The Labute approximate surface area is 78.8 Å². The van der Waals surface area contributed by atoms with Crippen LogP contribution in [-0.2, 0) is 18.3 Å². The van der Waals surface area contributed by atoms with Crippen molar-refractivity contribution < 1.29 is 4.79 Å². The molecule has 0 spiro atoms. The predicted octanol–water partition coefficient (Wildman–Crippen LogP) is 1.09. The van der Waals surface area contributed by atoms with Gasteiger partial charge in [0.1, 0.15) is 0 Å². The van der Waals surface area contributed by atoms with Gasteiger partial charge in [-0.15, -0.1) is 0 Å². The number of aryl methyl sites for hydroxylation is 1. The minimum atomic E-state index is 0.0844. The second kappa shape index (κ2) is 4.12. The van der Waals surface area contributed by atoms with Crippen molar-refractivity contribution in [1.82, 2.24) is 9.88 Å². The first kappa shape index (κ1) is 9.84. The molecule has 0 aliphatic rings. The Morgan fingerprint density at radius 3 is 2.77 bits per heavy atom. The highest BCUT2D eigenvalue weighted by Gasteiger charge is 2.04. The van der Waals surface area contributed by atoms with Gasteiger partial charge in [-0.2, -0.15) is 0 Å². The lowest BCUT2D eigenvalue weighted by atomic mass is 10.2. The van der Waals surface area contributed by atoms with E-state index < -0.39 is 0 Å². The molecule has 0 aliphatic heterocycles. The maximum Gasteiger partial charge on any atom is 0.224 e. The van der Waals surface area contributed by atoms with Gasteiger partial charge in [-0.25, -0.2) is 0 Å². The lowest BCUT2D eigenvalue weighted by Crippen LogP contribution is -2.31. The molecule has 3 heteroatoms. The molecule has 0 saturated carbocycles. The van der Waals surface area contributed by atoms with Crippen LogP contribution in [0.4, 0.5) is 0 Å². The van der Waals surface area contributed by atoms with Crippen molar-refractivity contribution in [2.24, 2.45) is 7.05 Å². The summed E-state index contributed by atoms with van der Waals surface area (Å²) in [6.45, 7) is 3.92. The summed E-state index contributed by atoms with van der Waals surface area (Å²) in [4.78, 5) is 11.3. The van der Waals surface area contributed by atoms with E-state index in [2.05, 4.69) is 5.32 Å². The van der Waals surface area contributed by atoms with E-state index in [9.17, 15) is 4.79 Å². The molecular formula is C10H16N2O. The minimum Gasteiger partial charge on any atom is -0.357 e. The zero-order valence-corrected chi connectivity index (χ0v) is 8.37. The van der Waals surface area contributed by atoms with Gasteiger partial charge < -0.3 is 9.88 Å². The second-order valence-corrected chi connectivity index (χ2v) is 3.58. The van der Waals surface area contributed by atoms with Crippen molar-refractivity contribution in [2.75, 3.05) is 0 Å². The third-order valence-electron chi connectivity index (χ3n) is 1.71. The molecule has 3 nitrogen and oxygen atoms in total. The first-order valence-corrected chi connectivity index (χ1v) is 4.48. The predicted molar refractivity (Wildman–Crippen MR) is 52.4 cm³/mol. The molecule has 1 N–H and O–H groups in total. The molecule has 0 aromatic carbocycles. The van der Waals surface area contributed by atoms with Gasteiger partial charge in [0.05, 0.1) is 6.42 Å². The number of aromatic nitrogens is 1. The summed E-state index contributed by atoms with van der Waals surface area (Å²) in [6.07, 6.45) is 4.37. The molecule has 0 radical (unpaired) electrons. The van der Waals surface area contributed by atoms with Crippen molar-refractivity contribution in [3.8, 4) is 0 Å². The number of rotatable bonds is 3. The third-order valence-corrected chi connectivity index (χ3v) is 1.71. The summed E-state index contributed by atoms with van der Waals surface area (Å²) in [6, 6.07) is 2.18. The zero-order chi connectivity index (χ0) is 9.84. The standard InChI is InChI=1S/C10H16N2O/c1-8(2)11-10(13)6-9-4-5-12(3)7-9/h4-5,7-8H,6H2,1-3H3,(H,11,13). The van der Waals surface area contributed by atoms with Gasteiger partial charge in [-0.3, -0.25) is 4.79 Å². The molecule has 0 bridgehead atoms. The highest BCUT2D eigenvalue weighted by molar-refractivity contribution is 5.78. The average molecular weight is 180 g/mol. The fourth-order valence-corrected chi connectivity index (χ4v) is 1.22. The van der Waals surface area contributed by atoms with Crippen LogP contribution in [0.15, 0.2) is 18.5 Å². The molecule has 1 aromatic rings. The number of nitrogens with one attached hydrogen (secondary N) is 1. The molecule has 13 heavy (non-hydrogen) atoms. The molecule has 0 saturated heterocycles. The van der Waals surface area contributed by atoms with Crippen LogP contribution in [0.1, 0.15) is 19.4 Å². The van der Waals surface area contributed by atoms with Gasteiger partial charge in [0.25, 0.3) is 0 Å². The van der Waals surface area contributed by atoms with Crippen molar-refractivity contribution in [2.45, 2.75) is 26.3 Å². The number of carbonyl (C=O) groups is 1. The van der Waals surface area contributed by atoms with Crippen LogP contribution < -0.4 is 5.32 Å². The molecule has 0 unspecified atom stereocenters. The third kappa shape index (κ3) is 3.32. The maximum absolute atomic E-state index is 11.3. The molecule has 0 fully saturated rings. The maximum atomic E-state index is 11.3. The number of hydrogen-bond acceptors (Lipinski definition) is 1. The largest absolute Gasteiger partial charge is 0.357 e. The van der Waals surface area contributed by atoms with E-state index in [1.807, 2.05) is 43.9 Å². The quantitative estimate of drug-likeness (QED) is 0.742. The summed E-state index contributed by atoms with van der Waals surface area (Å²) in [5.74, 6) is 0.0844. The van der Waals surface area contributed by atoms with E-state index >= 15 is 0 Å². The van der Waals surface area contributed by atoms with E-state index in [4.69, 9.17) is 0 Å². The van der Waals surface area contributed by atoms with Crippen molar-refractivity contribution in [3.05, 3.63) is 24.0 Å². The molecule has 1 heterocycles. The fraction of sp³-hybridized carbons (Fsp3) is 0.500. The van der Waals surface area contributed by atoms with Crippen LogP contribution >= 0.6 is 0 Å². The number of nitrogens with zero attached hydrogens (tertiary/aromatic N) is 1. The summed E-state index contributed by atoms with van der Waals surface area (Å²) in [5.41, 5.74) is 1.06. The Kier molecular flexibility index (Phi) is 3.12. The molecule has 1 aromatic heterocycles. The molecule has 0 atom stereocenters. The van der Waals surface area contributed by atoms with E-state index in [0.717, 1.165) is 5.56 Å². The number of hydrogen-bond donors (Lipinski definition) is 1. The first-order valence-electron chi connectivity index (χ1n) is 4.48. The van der Waals surface area contributed by atoms with Crippen molar-refractivity contribution in [3.63, 3.8) is 0 Å². The fourth-order valence-electron chi connectivity index (χ4n) is 1.22. The van der Waals surface area contributed by atoms with Gasteiger partial charge in [0, 0.05) is 25.5 Å². The molecular weight excluding hydrogens is 164 g/mol. The van der Waals surface area contributed by atoms with Gasteiger partial charge in [0.15, 0.2) is 0 Å². The Morgan fingerprint density at radius 2 is 2.31 bits per heavy atom. The minimum absolute atomic E-state index is 0.0844. The van der Waals surface area contributed by atoms with Crippen LogP contribution in [0.3, 0.4) is 0 Å². The van der Waals surface area contributed by atoms with Crippen LogP contribution in [-0.4, -0.2) is 16.5 Å². The second-order valence-electron chi connectivity index (χ2n) is 3.58. The summed E-state index contributed by atoms with van der Waals surface area (Å²) < 4.78 is 1.94. The molecule has 0 aliphatic carbocycles. The topological polar surface area (TPSA) is 34.0 Å². The van der Waals surface area contributed by atoms with Gasteiger partial charge >= 0.3 is 0 Å². The highest BCUT2D eigenvalue weighted by Crippen LogP contribution is 2.00.